The van der Waals surface area contributed by atoms with Crippen molar-refractivity contribution in [1.82, 2.24) is 9.97 Å². The minimum atomic E-state index is 0. The number of hydrogen-bond donors (Lipinski definition) is 1. The highest BCUT2D eigenvalue weighted by Gasteiger charge is 2.15. The summed E-state index contributed by atoms with van der Waals surface area (Å²) >= 11 is 1.60. The Kier molecular flexibility index (Phi) is 3.92. The van der Waals surface area contributed by atoms with Crippen LogP contribution in [0.5, 0.6) is 0 Å². The van der Waals surface area contributed by atoms with Gasteiger partial charge in [-0.1, -0.05) is 41.6 Å². The van der Waals surface area contributed by atoms with Gasteiger partial charge in [0.25, 0.3) is 5.56 Å². The largest absolute Gasteiger partial charge is 0.301 e. The van der Waals surface area contributed by atoms with E-state index in [9.17, 15) is 4.79 Å². The summed E-state index contributed by atoms with van der Waals surface area (Å²) in [5.74, 6) is 0.835. The van der Waals surface area contributed by atoms with Crippen LogP contribution in [-0.2, 0) is 18.6 Å². The van der Waals surface area contributed by atoms with Gasteiger partial charge < -0.3 is 4.98 Å². The molecule has 0 amide bonds. The van der Waals surface area contributed by atoms with E-state index >= 15 is 0 Å². The van der Waals surface area contributed by atoms with E-state index in [1.54, 1.807) is 11.8 Å². The smallest absolute Gasteiger partial charge is 0.254 e. The lowest BCUT2D eigenvalue weighted by molar-refractivity contribution is 0.641. The molecular weight excluding hydrogens is 268 g/mol. The van der Waals surface area contributed by atoms with E-state index in [1.165, 1.54) is 11.1 Å². The van der Waals surface area contributed by atoms with Crippen LogP contribution in [0.3, 0.4) is 0 Å². The third-order valence-electron chi connectivity index (χ3n) is 3.67. The van der Waals surface area contributed by atoms with E-state index in [0.29, 0.717) is 0 Å². The van der Waals surface area contributed by atoms with Crippen molar-refractivity contribution in [2.24, 2.45) is 0 Å². The SMILES string of the molecule is Cc1ccc(CSc2nc3c(c(=O)[nH]2)CCCC3)cc1.[HH]. The molecule has 0 saturated heterocycles. The second-order valence-electron chi connectivity index (χ2n) is 5.28. The van der Waals surface area contributed by atoms with Gasteiger partial charge in [-0.25, -0.2) is 4.98 Å². The molecule has 3 nitrogen and oxygen atoms in total. The van der Waals surface area contributed by atoms with Gasteiger partial charge in [-0.2, -0.15) is 0 Å². The van der Waals surface area contributed by atoms with Crippen molar-refractivity contribution >= 4 is 11.8 Å². The maximum Gasteiger partial charge on any atom is 0.254 e. The highest BCUT2D eigenvalue weighted by atomic mass is 32.2. The van der Waals surface area contributed by atoms with Gasteiger partial charge in [0.05, 0.1) is 5.69 Å². The summed E-state index contributed by atoms with van der Waals surface area (Å²) in [5, 5.41) is 0.747. The minimum absolute atomic E-state index is 0. The molecule has 1 aliphatic carbocycles. The zero-order chi connectivity index (χ0) is 13.9. The number of aryl methyl sites for hydroxylation is 2. The number of aromatic amines is 1. The molecule has 1 aromatic heterocycles. The van der Waals surface area contributed by atoms with Gasteiger partial charge in [-0.05, 0) is 38.2 Å². The second-order valence-corrected chi connectivity index (χ2v) is 6.24. The van der Waals surface area contributed by atoms with Crippen LogP contribution in [0.4, 0.5) is 0 Å². The Hall–Kier alpha value is -1.55. The Morgan fingerprint density at radius 1 is 1.25 bits per heavy atom. The summed E-state index contributed by atoms with van der Waals surface area (Å²) in [6.45, 7) is 2.08. The van der Waals surface area contributed by atoms with Gasteiger partial charge >= 0.3 is 0 Å². The van der Waals surface area contributed by atoms with Gasteiger partial charge in [0.1, 0.15) is 0 Å². The van der Waals surface area contributed by atoms with Crippen LogP contribution < -0.4 is 5.56 Å². The minimum Gasteiger partial charge on any atom is -0.301 e. The van der Waals surface area contributed by atoms with Crippen molar-refractivity contribution in [3.05, 3.63) is 57.0 Å². The zero-order valence-corrected chi connectivity index (χ0v) is 12.4. The Morgan fingerprint density at radius 3 is 2.80 bits per heavy atom. The molecule has 0 aliphatic heterocycles. The van der Waals surface area contributed by atoms with E-state index in [-0.39, 0.29) is 6.99 Å². The molecule has 106 valence electrons. The molecule has 1 heterocycles. The molecule has 3 rings (SSSR count). The molecule has 4 heteroatoms. The first kappa shape index (κ1) is 13.4. The number of benzene rings is 1. The molecule has 20 heavy (non-hydrogen) atoms. The summed E-state index contributed by atoms with van der Waals surface area (Å²) in [6.07, 6.45) is 4.07. The maximum absolute atomic E-state index is 12.0. The fourth-order valence-corrected chi connectivity index (χ4v) is 3.32. The van der Waals surface area contributed by atoms with Gasteiger partial charge in [-0.3, -0.25) is 4.79 Å². The lowest BCUT2D eigenvalue weighted by Gasteiger charge is -2.14. The monoisotopic (exact) mass is 288 g/mol. The number of H-pyrrole nitrogens is 1. The van der Waals surface area contributed by atoms with Crippen molar-refractivity contribution in [2.75, 3.05) is 0 Å². The Balaban J connectivity index is 0.00000161. The fourth-order valence-electron chi connectivity index (χ4n) is 2.48. The highest BCUT2D eigenvalue weighted by Crippen LogP contribution is 2.22. The van der Waals surface area contributed by atoms with E-state index in [4.69, 9.17) is 0 Å². The molecule has 2 aromatic rings. The Labute approximate surface area is 124 Å². The van der Waals surface area contributed by atoms with Crippen LogP contribution in [0, 0.1) is 6.92 Å². The molecule has 1 N–H and O–H groups in total. The van der Waals surface area contributed by atoms with E-state index in [0.717, 1.165) is 47.8 Å². The van der Waals surface area contributed by atoms with Crippen molar-refractivity contribution in [3.8, 4) is 0 Å². The molecule has 0 unspecified atom stereocenters. The number of nitrogens with one attached hydrogen (secondary N) is 1. The molecule has 1 aromatic carbocycles. The van der Waals surface area contributed by atoms with Crippen molar-refractivity contribution in [3.63, 3.8) is 0 Å². The average Bonchev–Trinajstić information content (AvgIpc) is 2.47. The van der Waals surface area contributed by atoms with Gasteiger partial charge in [0.2, 0.25) is 0 Å². The number of fused-ring (bicyclic) bond motifs is 1. The molecule has 0 atom stereocenters. The van der Waals surface area contributed by atoms with Crippen molar-refractivity contribution in [2.45, 2.75) is 43.5 Å². The number of thioether (sulfide) groups is 1. The molecule has 0 radical (unpaired) electrons. The van der Waals surface area contributed by atoms with Crippen molar-refractivity contribution < 1.29 is 1.43 Å². The summed E-state index contributed by atoms with van der Waals surface area (Å²) < 4.78 is 0. The first-order valence-corrected chi connectivity index (χ1v) is 8.01. The molecular formula is C16H20N2OS. The van der Waals surface area contributed by atoms with Gasteiger partial charge in [0, 0.05) is 12.7 Å². The topological polar surface area (TPSA) is 45.8 Å². The lowest BCUT2D eigenvalue weighted by atomic mass is 9.97. The molecule has 0 fully saturated rings. The third-order valence-corrected chi connectivity index (χ3v) is 4.61. The van der Waals surface area contributed by atoms with Crippen LogP contribution in [0.15, 0.2) is 34.2 Å². The summed E-state index contributed by atoms with van der Waals surface area (Å²) in [4.78, 5) is 19.6. The van der Waals surface area contributed by atoms with E-state index in [1.807, 2.05) is 0 Å². The average molecular weight is 288 g/mol. The highest BCUT2D eigenvalue weighted by molar-refractivity contribution is 7.98. The first-order valence-electron chi connectivity index (χ1n) is 7.03. The number of rotatable bonds is 3. The molecule has 1 aliphatic rings. The second kappa shape index (κ2) is 5.83. The number of nitrogens with zero attached hydrogens (tertiary/aromatic N) is 1. The normalized spacial score (nSPS) is 14.1. The standard InChI is InChI=1S/C16H18N2OS.H2/c1-11-6-8-12(9-7-11)10-20-16-17-14-5-3-2-4-13(14)15(19)18-16;/h6-9H,2-5,10H2,1H3,(H,17,18,19);1H. The van der Waals surface area contributed by atoms with Crippen LogP contribution in [-0.4, -0.2) is 9.97 Å². The quantitative estimate of drug-likeness (QED) is 0.694. The van der Waals surface area contributed by atoms with Gasteiger partial charge in [-0.15, -0.1) is 0 Å². The molecule has 0 spiro atoms. The Bertz CT molecular complexity index is 667. The van der Waals surface area contributed by atoms with Crippen LogP contribution >= 0.6 is 11.8 Å². The van der Waals surface area contributed by atoms with Crippen LogP contribution in [0.25, 0.3) is 0 Å². The maximum atomic E-state index is 12.0. The van der Waals surface area contributed by atoms with E-state index in [2.05, 4.69) is 41.2 Å². The number of hydrogen-bond acceptors (Lipinski definition) is 3. The van der Waals surface area contributed by atoms with Crippen molar-refractivity contribution in [1.29, 1.82) is 0 Å². The first-order chi connectivity index (χ1) is 9.72. The van der Waals surface area contributed by atoms with Crippen LogP contribution in [0.1, 0.15) is 36.7 Å². The summed E-state index contributed by atoms with van der Waals surface area (Å²) in [5.41, 5.74) is 4.48. The third kappa shape index (κ3) is 2.96. The Morgan fingerprint density at radius 2 is 2.00 bits per heavy atom. The molecule has 0 bridgehead atoms. The zero-order valence-electron chi connectivity index (χ0n) is 11.6. The fraction of sp³-hybridized carbons (Fsp3) is 0.375. The predicted octanol–water partition coefficient (Wildman–Crippen LogP) is 3.50. The van der Waals surface area contributed by atoms with E-state index < -0.39 is 0 Å². The van der Waals surface area contributed by atoms with Crippen LogP contribution in [0.2, 0.25) is 0 Å². The summed E-state index contributed by atoms with van der Waals surface area (Å²) in [6, 6.07) is 8.47. The lowest BCUT2D eigenvalue weighted by Crippen LogP contribution is -2.21. The molecule has 0 saturated carbocycles. The summed E-state index contributed by atoms with van der Waals surface area (Å²) in [7, 11) is 0. The van der Waals surface area contributed by atoms with Gasteiger partial charge in [0.15, 0.2) is 5.16 Å². The predicted molar refractivity (Wildman–Crippen MR) is 84.4 cm³/mol. The number of aromatic nitrogens is 2.